The first kappa shape index (κ1) is 14.3. The Labute approximate surface area is 106 Å². The Morgan fingerprint density at radius 2 is 2.24 bits per heavy atom. The highest BCUT2D eigenvalue weighted by Crippen LogP contribution is 2.12. The minimum Gasteiger partial charge on any atom is -0.481 e. The highest BCUT2D eigenvalue weighted by molar-refractivity contribution is 7.99. The third-order valence-electron chi connectivity index (χ3n) is 2.50. The van der Waals surface area contributed by atoms with Gasteiger partial charge in [-0.25, -0.2) is 0 Å². The molecule has 1 atom stereocenters. The first-order valence-electron chi connectivity index (χ1n) is 5.73. The van der Waals surface area contributed by atoms with Crippen LogP contribution in [0.4, 0.5) is 0 Å². The standard InChI is InChI=1S/C11H20N2O3S/c1-11(2,6-10(15)16)13-9(14)5-8-7-17-4-3-12-8/h8,12H,3-7H2,1-2H3,(H,13,14)(H,15,16). The van der Waals surface area contributed by atoms with E-state index in [2.05, 4.69) is 10.6 Å². The summed E-state index contributed by atoms with van der Waals surface area (Å²) in [7, 11) is 0. The summed E-state index contributed by atoms with van der Waals surface area (Å²) in [5, 5.41) is 14.8. The zero-order chi connectivity index (χ0) is 12.9. The molecule has 1 unspecified atom stereocenters. The molecule has 0 spiro atoms. The van der Waals surface area contributed by atoms with Crippen molar-refractivity contribution >= 4 is 23.6 Å². The van der Waals surface area contributed by atoms with E-state index in [1.165, 1.54) is 0 Å². The molecule has 0 bridgehead atoms. The maximum absolute atomic E-state index is 11.8. The lowest BCUT2D eigenvalue weighted by Crippen LogP contribution is -2.48. The van der Waals surface area contributed by atoms with Crippen LogP contribution >= 0.6 is 11.8 Å². The lowest BCUT2D eigenvalue weighted by Gasteiger charge is -2.27. The molecule has 1 saturated heterocycles. The van der Waals surface area contributed by atoms with Gasteiger partial charge in [-0.1, -0.05) is 0 Å². The molecular weight excluding hydrogens is 240 g/mol. The Balaban J connectivity index is 2.34. The van der Waals surface area contributed by atoms with Crippen molar-refractivity contribution < 1.29 is 14.7 Å². The molecular formula is C11H20N2O3S. The molecule has 0 radical (unpaired) electrons. The van der Waals surface area contributed by atoms with E-state index in [1.54, 1.807) is 13.8 Å². The summed E-state index contributed by atoms with van der Waals surface area (Å²) in [6.07, 6.45) is 0.349. The zero-order valence-corrected chi connectivity index (χ0v) is 11.1. The van der Waals surface area contributed by atoms with Gasteiger partial charge in [0.05, 0.1) is 6.42 Å². The maximum atomic E-state index is 11.8. The van der Waals surface area contributed by atoms with E-state index < -0.39 is 11.5 Å². The fraction of sp³-hybridized carbons (Fsp3) is 0.818. The van der Waals surface area contributed by atoms with Gasteiger partial charge in [-0.05, 0) is 13.8 Å². The summed E-state index contributed by atoms with van der Waals surface area (Å²) in [6, 6.07) is 0.203. The number of carbonyl (C=O) groups is 2. The van der Waals surface area contributed by atoms with Gasteiger partial charge in [-0.2, -0.15) is 11.8 Å². The highest BCUT2D eigenvalue weighted by Gasteiger charge is 2.25. The average molecular weight is 260 g/mol. The molecule has 1 amide bonds. The monoisotopic (exact) mass is 260 g/mol. The molecule has 17 heavy (non-hydrogen) atoms. The molecule has 0 saturated carbocycles. The topological polar surface area (TPSA) is 78.4 Å². The minimum atomic E-state index is -0.901. The number of carbonyl (C=O) groups excluding carboxylic acids is 1. The summed E-state index contributed by atoms with van der Waals surface area (Å²) < 4.78 is 0. The van der Waals surface area contributed by atoms with Crippen molar-refractivity contribution in [3.05, 3.63) is 0 Å². The maximum Gasteiger partial charge on any atom is 0.305 e. The van der Waals surface area contributed by atoms with Gasteiger partial charge >= 0.3 is 5.97 Å². The van der Waals surface area contributed by atoms with Crippen molar-refractivity contribution in [1.29, 1.82) is 0 Å². The summed E-state index contributed by atoms with van der Waals surface area (Å²) in [4.78, 5) is 22.4. The average Bonchev–Trinajstić information content (AvgIpc) is 2.15. The number of rotatable bonds is 5. The molecule has 0 aromatic carbocycles. The number of aliphatic carboxylic acids is 1. The Morgan fingerprint density at radius 1 is 1.53 bits per heavy atom. The van der Waals surface area contributed by atoms with E-state index >= 15 is 0 Å². The van der Waals surface area contributed by atoms with Crippen LogP contribution in [0.5, 0.6) is 0 Å². The molecule has 1 fully saturated rings. The number of amides is 1. The number of nitrogens with one attached hydrogen (secondary N) is 2. The summed E-state index contributed by atoms with van der Waals surface area (Å²) in [5.41, 5.74) is -0.690. The van der Waals surface area contributed by atoms with Crippen molar-refractivity contribution in [2.75, 3.05) is 18.1 Å². The van der Waals surface area contributed by atoms with Crippen molar-refractivity contribution in [1.82, 2.24) is 10.6 Å². The number of carboxylic acid groups (broad SMARTS) is 1. The molecule has 1 heterocycles. The number of hydrogen-bond acceptors (Lipinski definition) is 4. The van der Waals surface area contributed by atoms with Crippen LogP contribution in [0.2, 0.25) is 0 Å². The number of hydrogen-bond donors (Lipinski definition) is 3. The van der Waals surface area contributed by atoms with Gasteiger partial charge in [-0.15, -0.1) is 0 Å². The first-order valence-corrected chi connectivity index (χ1v) is 6.88. The molecule has 98 valence electrons. The molecule has 1 aliphatic heterocycles. The van der Waals surface area contributed by atoms with Gasteiger partial charge in [-0.3, -0.25) is 9.59 Å². The molecule has 0 aromatic heterocycles. The van der Waals surface area contributed by atoms with E-state index in [0.29, 0.717) is 6.42 Å². The van der Waals surface area contributed by atoms with E-state index in [1.807, 2.05) is 11.8 Å². The van der Waals surface area contributed by atoms with Crippen molar-refractivity contribution in [2.24, 2.45) is 0 Å². The van der Waals surface area contributed by atoms with Crippen molar-refractivity contribution in [2.45, 2.75) is 38.3 Å². The number of carboxylic acids is 1. The lowest BCUT2D eigenvalue weighted by molar-refractivity contribution is -0.138. The van der Waals surface area contributed by atoms with E-state index in [4.69, 9.17) is 5.11 Å². The van der Waals surface area contributed by atoms with Crippen LogP contribution in [0.3, 0.4) is 0 Å². The molecule has 1 aliphatic rings. The summed E-state index contributed by atoms with van der Waals surface area (Å²) >= 11 is 1.84. The minimum absolute atomic E-state index is 0.0639. The largest absolute Gasteiger partial charge is 0.481 e. The fourth-order valence-corrected chi connectivity index (χ4v) is 2.77. The van der Waals surface area contributed by atoms with Crippen LogP contribution in [0.25, 0.3) is 0 Å². The zero-order valence-electron chi connectivity index (χ0n) is 10.3. The highest BCUT2D eigenvalue weighted by atomic mass is 32.2. The number of thioether (sulfide) groups is 1. The Hall–Kier alpha value is -0.750. The van der Waals surface area contributed by atoms with Gasteiger partial charge in [0, 0.05) is 36.1 Å². The molecule has 1 rings (SSSR count). The second-order valence-electron chi connectivity index (χ2n) is 4.93. The second kappa shape index (κ2) is 6.26. The SMILES string of the molecule is CC(C)(CC(=O)O)NC(=O)CC1CSCCN1. The van der Waals surface area contributed by atoms with Gasteiger partial charge in [0.25, 0.3) is 0 Å². The van der Waals surface area contributed by atoms with Crippen LogP contribution in [0.15, 0.2) is 0 Å². The third kappa shape index (κ3) is 5.93. The van der Waals surface area contributed by atoms with Gasteiger partial charge in [0.2, 0.25) is 5.91 Å². The Bertz CT molecular complexity index is 288. The van der Waals surface area contributed by atoms with Crippen LogP contribution in [-0.4, -0.2) is 46.6 Å². The Kier molecular flexibility index (Phi) is 5.27. The molecule has 5 nitrogen and oxygen atoms in total. The molecule has 0 aliphatic carbocycles. The fourth-order valence-electron chi connectivity index (χ4n) is 1.83. The lowest BCUT2D eigenvalue weighted by atomic mass is 10.0. The summed E-state index contributed by atoms with van der Waals surface area (Å²) in [6.45, 7) is 4.38. The normalized spacial score (nSPS) is 20.9. The molecule has 0 aromatic rings. The van der Waals surface area contributed by atoms with E-state index in [-0.39, 0.29) is 18.4 Å². The van der Waals surface area contributed by atoms with Crippen molar-refractivity contribution in [3.8, 4) is 0 Å². The van der Waals surface area contributed by atoms with Crippen LogP contribution in [-0.2, 0) is 9.59 Å². The van der Waals surface area contributed by atoms with Gasteiger partial charge in [0.1, 0.15) is 0 Å². The predicted octanol–water partition coefficient (Wildman–Crippen LogP) is 0.451. The van der Waals surface area contributed by atoms with E-state index in [9.17, 15) is 9.59 Å². The van der Waals surface area contributed by atoms with Crippen LogP contribution < -0.4 is 10.6 Å². The summed E-state index contributed by atoms with van der Waals surface area (Å²) in [5.74, 6) is 1.04. The quantitative estimate of drug-likeness (QED) is 0.669. The molecule has 3 N–H and O–H groups in total. The van der Waals surface area contributed by atoms with Crippen LogP contribution in [0.1, 0.15) is 26.7 Å². The third-order valence-corrected chi connectivity index (χ3v) is 3.63. The van der Waals surface area contributed by atoms with Crippen LogP contribution in [0, 0.1) is 0 Å². The van der Waals surface area contributed by atoms with Gasteiger partial charge in [0.15, 0.2) is 0 Å². The predicted molar refractivity (Wildman–Crippen MR) is 68.2 cm³/mol. The Morgan fingerprint density at radius 3 is 2.76 bits per heavy atom. The molecule has 6 heteroatoms. The van der Waals surface area contributed by atoms with Crippen molar-refractivity contribution in [3.63, 3.8) is 0 Å². The smallest absolute Gasteiger partial charge is 0.305 e. The van der Waals surface area contributed by atoms with E-state index in [0.717, 1.165) is 18.1 Å². The second-order valence-corrected chi connectivity index (χ2v) is 6.08. The van der Waals surface area contributed by atoms with Gasteiger partial charge < -0.3 is 15.7 Å². The first-order chi connectivity index (χ1) is 7.89.